The third kappa shape index (κ3) is 5.19. The summed E-state index contributed by atoms with van der Waals surface area (Å²) in [5.74, 6) is -0.116. The first-order valence-corrected chi connectivity index (χ1v) is 7.18. The van der Waals surface area contributed by atoms with Crippen LogP contribution >= 0.6 is 12.2 Å². The summed E-state index contributed by atoms with van der Waals surface area (Å²) in [6.45, 7) is 0. The van der Waals surface area contributed by atoms with E-state index in [1.165, 1.54) is 18.2 Å². The first-order chi connectivity index (χ1) is 11.1. The van der Waals surface area contributed by atoms with Crippen molar-refractivity contribution in [2.75, 3.05) is 12.4 Å². The topological polar surface area (TPSA) is 50.4 Å². The molecule has 0 aliphatic rings. The lowest BCUT2D eigenvalue weighted by molar-refractivity contribution is -0.115. The fourth-order valence-corrected chi connectivity index (χ4v) is 1.97. The Bertz CT molecular complexity index is 730. The van der Waals surface area contributed by atoms with Gasteiger partial charge in [0.25, 0.3) is 0 Å². The highest BCUT2D eigenvalue weighted by Gasteiger charge is 2.04. The Balaban J connectivity index is 1.89. The maximum Gasteiger partial charge on any atom is 0.250 e. The van der Waals surface area contributed by atoms with E-state index < -0.39 is 11.7 Å². The molecule has 0 aliphatic heterocycles. The number of carbonyl (C=O) groups excluding carboxylic acids is 1. The molecule has 0 atom stereocenters. The van der Waals surface area contributed by atoms with Crippen LogP contribution in [0, 0.1) is 5.82 Å². The zero-order valence-corrected chi connectivity index (χ0v) is 13.2. The summed E-state index contributed by atoms with van der Waals surface area (Å²) in [7, 11) is 1.59. The molecule has 4 nitrogen and oxygen atoms in total. The number of para-hydroxylation sites is 1. The third-order valence-electron chi connectivity index (χ3n) is 2.90. The molecule has 0 saturated carbocycles. The number of benzene rings is 2. The van der Waals surface area contributed by atoms with Crippen molar-refractivity contribution in [1.82, 2.24) is 5.32 Å². The quantitative estimate of drug-likeness (QED) is 0.667. The van der Waals surface area contributed by atoms with Crippen molar-refractivity contribution in [3.05, 3.63) is 66.0 Å². The van der Waals surface area contributed by atoms with Gasteiger partial charge in [0.2, 0.25) is 5.91 Å². The summed E-state index contributed by atoms with van der Waals surface area (Å²) < 4.78 is 18.5. The van der Waals surface area contributed by atoms with Crippen LogP contribution in [0.3, 0.4) is 0 Å². The largest absolute Gasteiger partial charge is 0.497 e. The van der Waals surface area contributed by atoms with Gasteiger partial charge in [0.1, 0.15) is 11.6 Å². The fraction of sp³-hybridized carbons (Fsp3) is 0.0588. The molecule has 0 saturated heterocycles. The van der Waals surface area contributed by atoms with E-state index in [9.17, 15) is 9.18 Å². The Morgan fingerprint density at radius 2 is 1.87 bits per heavy atom. The molecule has 0 bridgehead atoms. The molecule has 2 N–H and O–H groups in total. The highest BCUT2D eigenvalue weighted by Crippen LogP contribution is 2.13. The Labute approximate surface area is 139 Å². The number of ether oxygens (including phenoxy) is 1. The maximum atomic E-state index is 13.5. The molecule has 1 amide bonds. The van der Waals surface area contributed by atoms with Crippen molar-refractivity contribution in [3.63, 3.8) is 0 Å². The van der Waals surface area contributed by atoms with Gasteiger partial charge in [0.05, 0.1) is 12.8 Å². The monoisotopic (exact) mass is 330 g/mol. The molecule has 2 aromatic rings. The maximum absolute atomic E-state index is 13.5. The molecule has 2 rings (SSSR count). The van der Waals surface area contributed by atoms with Crippen LogP contribution in [0.5, 0.6) is 5.75 Å². The van der Waals surface area contributed by atoms with Crippen molar-refractivity contribution in [2.24, 2.45) is 0 Å². The molecule has 0 radical (unpaired) electrons. The second-order valence-electron chi connectivity index (χ2n) is 4.53. The summed E-state index contributed by atoms with van der Waals surface area (Å²) in [5.41, 5.74) is 1.05. The highest BCUT2D eigenvalue weighted by molar-refractivity contribution is 7.80. The average molecular weight is 330 g/mol. The molecule has 6 heteroatoms. The number of hydrogen-bond acceptors (Lipinski definition) is 3. The van der Waals surface area contributed by atoms with Crippen molar-refractivity contribution in [2.45, 2.75) is 0 Å². The third-order valence-corrected chi connectivity index (χ3v) is 3.11. The Morgan fingerprint density at radius 1 is 1.17 bits per heavy atom. The van der Waals surface area contributed by atoms with Gasteiger partial charge in [-0.25, -0.2) is 4.39 Å². The fourth-order valence-electron chi connectivity index (χ4n) is 1.76. The van der Waals surface area contributed by atoms with Gasteiger partial charge in [-0.3, -0.25) is 10.1 Å². The number of carbonyl (C=O) groups is 1. The van der Waals surface area contributed by atoms with Crippen LogP contribution < -0.4 is 15.4 Å². The van der Waals surface area contributed by atoms with Crippen molar-refractivity contribution < 1.29 is 13.9 Å². The van der Waals surface area contributed by atoms with E-state index in [0.29, 0.717) is 0 Å². The summed E-state index contributed by atoms with van der Waals surface area (Å²) in [4.78, 5) is 11.8. The molecule has 2 aromatic carbocycles. The number of rotatable bonds is 4. The van der Waals surface area contributed by atoms with Gasteiger partial charge in [-0.05, 0) is 48.1 Å². The normalized spacial score (nSPS) is 10.3. The number of nitrogens with one attached hydrogen (secondary N) is 2. The van der Waals surface area contributed by atoms with E-state index >= 15 is 0 Å². The van der Waals surface area contributed by atoms with Gasteiger partial charge in [0, 0.05) is 6.08 Å². The molecular weight excluding hydrogens is 315 g/mol. The van der Waals surface area contributed by atoms with Crippen LogP contribution in [-0.2, 0) is 4.79 Å². The number of amides is 1. The molecule has 0 aromatic heterocycles. The predicted molar refractivity (Wildman–Crippen MR) is 92.8 cm³/mol. The van der Waals surface area contributed by atoms with Crippen LogP contribution in [0.25, 0.3) is 6.08 Å². The number of thiocarbonyl (C=S) groups is 1. The summed E-state index contributed by atoms with van der Waals surface area (Å²) in [5, 5.41) is 5.11. The molecule has 23 heavy (non-hydrogen) atoms. The van der Waals surface area contributed by atoms with Gasteiger partial charge < -0.3 is 10.1 Å². The minimum atomic E-state index is -0.446. The van der Waals surface area contributed by atoms with Gasteiger partial charge >= 0.3 is 0 Å². The first kappa shape index (κ1) is 16.6. The lowest BCUT2D eigenvalue weighted by Crippen LogP contribution is -2.33. The summed E-state index contributed by atoms with van der Waals surface area (Å²) in [6.07, 6.45) is 2.98. The van der Waals surface area contributed by atoms with Crippen LogP contribution in [-0.4, -0.2) is 18.1 Å². The standard InChI is InChI=1S/C17H15FN2O2S/c1-22-13-9-6-12(7-10-13)8-11-16(21)20-17(23)19-15-5-3-2-4-14(15)18/h2-11H,1H3,(H2,19,20,21,23)/b11-8+. The molecule has 0 unspecified atom stereocenters. The zero-order valence-electron chi connectivity index (χ0n) is 12.4. The highest BCUT2D eigenvalue weighted by atomic mass is 32.1. The summed E-state index contributed by atoms with van der Waals surface area (Å²) in [6, 6.07) is 13.3. The molecule has 0 fully saturated rings. The second-order valence-corrected chi connectivity index (χ2v) is 4.94. The lowest BCUT2D eigenvalue weighted by atomic mass is 10.2. The van der Waals surface area contributed by atoms with Crippen LogP contribution in [0.1, 0.15) is 5.56 Å². The molecule has 0 spiro atoms. The van der Waals surface area contributed by atoms with Crippen LogP contribution in [0.2, 0.25) is 0 Å². The lowest BCUT2D eigenvalue weighted by Gasteiger charge is -2.08. The van der Waals surface area contributed by atoms with Crippen LogP contribution in [0.4, 0.5) is 10.1 Å². The number of hydrogen-bond donors (Lipinski definition) is 2. The Kier molecular flexibility index (Phi) is 5.82. The van der Waals surface area contributed by atoms with E-state index in [1.807, 2.05) is 12.1 Å². The minimum Gasteiger partial charge on any atom is -0.497 e. The molecular formula is C17H15FN2O2S. The van der Waals surface area contributed by atoms with E-state index in [2.05, 4.69) is 10.6 Å². The average Bonchev–Trinajstić information content (AvgIpc) is 2.55. The van der Waals surface area contributed by atoms with E-state index in [0.717, 1.165) is 11.3 Å². The van der Waals surface area contributed by atoms with Gasteiger partial charge in [-0.2, -0.15) is 0 Å². The first-order valence-electron chi connectivity index (χ1n) is 6.77. The minimum absolute atomic E-state index is 0.0273. The predicted octanol–water partition coefficient (Wildman–Crippen LogP) is 3.36. The van der Waals surface area contributed by atoms with E-state index in [4.69, 9.17) is 17.0 Å². The van der Waals surface area contributed by atoms with Gasteiger partial charge in [-0.1, -0.05) is 24.3 Å². The molecule has 0 aliphatic carbocycles. The zero-order chi connectivity index (χ0) is 16.7. The number of halogens is 1. The molecule has 0 heterocycles. The van der Waals surface area contributed by atoms with Crippen molar-refractivity contribution >= 4 is 35.0 Å². The van der Waals surface area contributed by atoms with E-state index in [1.54, 1.807) is 37.5 Å². The van der Waals surface area contributed by atoms with Crippen LogP contribution in [0.15, 0.2) is 54.6 Å². The summed E-state index contributed by atoms with van der Waals surface area (Å²) >= 11 is 4.98. The second kappa shape index (κ2) is 8.05. The SMILES string of the molecule is COc1ccc(/C=C/C(=O)NC(=S)Nc2ccccc2F)cc1. The van der Waals surface area contributed by atoms with Gasteiger partial charge in [0.15, 0.2) is 5.11 Å². The smallest absolute Gasteiger partial charge is 0.250 e. The Morgan fingerprint density at radius 3 is 2.52 bits per heavy atom. The van der Waals surface area contributed by atoms with Crippen molar-refractivity contribution in [3.8, 4) is 5.75 Å². The number of anilines is 1. The molecule has 118 valence electrons. The van der Waals surface area contributed by atoms with Gasteiger partial charge in [-0.15, -0.1) is 0 Å². The van der Waals surface area contributed by atoms with E-state index in [-0.39, 0.29) is 10.8 Å². The van der Waals surface area contributed by atoms with Crippen molar-refractivity contribution in [1.29, 1.82) is 0 Å². The Hall–Kier alpha value is -2.73. The number of methoxy groups -OCH3 is 1.